The Morgan fingerprint density at radius 1 is 1.12 bits per heavy atom. The summed E-state index contributed by atoms with van der Waals surface area (Å²) in [5.74, 6) is 0. The van der Waals surface area contributed by atoms with Crippen LogP contribution in [0.1, 0.15) is 33.6 Å². The van der Waals surface area contributed by atoms with E-state index in [0.717, 1.165) is 26.4 Å². The van der Waals surface area contributed by atoms with Crippen molar-refractivity contribution in [2.45, 2.75) is 43.7 Å². The van der Waals surface area contributed by atoms with Crippen LogP contribution in [-0.2, 0) is 16.8 Å². The van der Waals surface area contributed by atoms with Gasteiger partial charge in [0, 0.05) is 21.7 Å². The van der Waals surface area contributed by atoms with E-state index in [2.05, 4.69) is 0 Å². The Morgan fingerprint density at radius 3 is 2.64 bits per heavy atom. The number of aliphatic hydroxyl groups is 4. The fourth-order valence-corrected chi connectivity index (χ4v) is 5.25. The smallest absolute Gasteiger partial charge is 0.263 e. The van der Waals surface area contributed by atoms with Crippen molar-refractivity contribution in [3.05, 3.63) is 81.7 Å². The standard InChI is InChI=1S/C25H26F2O5S/c1-14-5-6-18(25(31)22(12-28)32-13-20(29)23(25)30)10-17(14)11-19-7-8-21(33-19)15-3-2-4-16(9-15)24(26)27/h2-10,20,22-24,28-31H,11-13H2,1H3/t20-,22+,23+,25-/m0/s1. The first kappa shape index (κ1) is 23.9. The molecular formula is C25H26F2O5S. The molecule has 1 aliphatic rings. The molecule has 0 spiro atoms. The average molecular weight is 477 g/mol. The highest BCUT2D eigenvalue weighted by atomic mass is 32.1. The van der Waals surface area contributed by atoms with Crippen molar-refractivity contribution in [1.29, 1.82) is 0 Å². The lowest BCUT2D eigenvalue weighted by Crippen LogP contribution is -2.61. The predicted molar refractivity (Wildman–Crippen MR) is 121 cm³/mol. The highest BCUT2D eigenvalue weighted by Crippen LogP contribution is 2.38. The van der Waals surface area contributed by atoms with Crippen molar-refractivity contribution >= 4 is 11.3 Å². The maximum absolute atomic E-state index is 13.1. The Labute approximate surface area is 194 Å². The summed E-state index contributed by atoms with van der Waals surface area (Å²) < 4.78 is 31.5. The molecule has 5 nitrogen and oxygen atoms in total. The number of aliphatic hydroxyl groups excluding tert-OH is 3. The van der Waals surface area contributed by atoms with Crippen LogP contribution in [0.15, 0.2) is 54.6 Å². The lowest BCUT2D eigenvalue weighted by atomic mass is 9.78. The van der Waals surface area contributed by atoms with Gasteiger partial charge in [-0.05, 0) is 47.4 Å². The van der Waals surface area contributed by atoms with E-state index in [0.29, 0.717) is 12.0 Å². The third-order valence-electron chi connectivity index (χ3n) is 6.20. The first-order valence-corrected chi connectivity index (χ1v) is 11.4. The third kappa shape index (κ3) is 4.59. The average Bonchev–Trinajstić information content (AvgIpc) is 3.28. The van der Waals surface area contributed by atoms with Gasteiger partial charge in [0.15, 0.2) is 0 Å². The monoisotopic (exact) mass is 476 g/mol. The van der Waals surface area contributed by atoms with Crippen LogP contribution >= 0.6 is 11.3 Å². The maximum atomic E-state index is 13.1. The molecule has 3 aromatic rings. The van der Waals surface area contributed by atoms with E-state index >= 15 is 0 Å². The number of alkyl halides is 2. The molecule has 0 bridgehead atoms. The molecule has 1 fully saturated rings. The fourth-order valence-electron chi connectivity index (χ4n) is 4.22. The first-order valence-electron chi connectivity index (χ1n) is 10.6. The molecule has 2 aromatic carbocycles. The molecule has 176 valence electrons. The second-order valence-electron chi connectivity index (χ2n) is 8.35. The molecule has 1 aliphatic heterocycles. The topological polar surface area (TPSA) is 90.2 Å². The number of hydrogen-bond donors (Lipinski definition) is 4. The van der Waals surface area contributed by atoms with Crippen LogP contribution in [0.3, 0.4) is 0 Å². The summed E-state index contributed by atoms with van der Waals surface area (Å²) in [4.78, 5) is 1.87. The van der Waals surface area contributed by atoms with Crippen molar-refractivity contribution in [2.75, 3.05) is 13.2 Å². The number of thiophene rings is 1. The van der Waals surface area contributed by atoms with Crippen LogP contribution in [0.4, 0.5) is 8.78 Å². The largest absolute Gasteiger partial charge is 0.394 e. The number of benzene rings is 2. The summed E-state index contributed by atoms with van der Waals surface area (Å²) in [5, 5.41) is 41.6. The van der Waals surface area contributed by atoms with Crippen LogP contribution < -0.4 is 0 Å². The molecule has 0 amide bonds. The van der Waals surface area contributed by atoms with Crippen molar-refractivity contribution in [2.24, 2.45) is 0 Å². The van der Waals surface area contributed by atoms with Crippen molar-refractivity contribution in [3.63, 3.8) is 0 Å². The zero-order valence-corrected chi connectivity index (χ0v) is 18.8. The molecule has 8 heteroatoms. The fraction of sp³-hybridized carbons (Fsp3) is 0.360. The second kappa shape index (κ2) is 9.58. The van der Waals surface area contributed by atoms with Gasteiger partial charge in [-0.2, -0.15) is 0 Å². The van der Waals surface area contributed by atoms with Crippen LogP contribution in [0.2, 0.25) is 0 Å². The lowest BCUT2D eigenvalue weighted by molar-refractivity contribution is -0.255. The predicted octanol–water partition coefficient (Wildman–Crippen LogP) is 3.55. The number of rotatable bonds is 6. The zero-order valence-electron chi connectivity index (χ0n) is 18.0. The minimum atomic E-state index is -2.53. The first-order chi connectivity index (χ1) is 15.7. The van der Waals surface area contributed by atoms with Gasteiger partial charge in [0.25, 0.3) is 6.43 Å². The zero-order chi connectivity index (χ0) is 23.8. The van der Waals surface area contributed by atoms with Crippen LogP contribution in [0.5, 0.6) is 0 Å². The number of ether oxygens (including phenoxy) is 1. The minimum absolute atomic E-state index is 0.0203. The van der Waals surface area contributed by atoms with Crippen molar-refractivity contribution in [3.8, 4) is 10.4 Å². The lowest BCUT2D eigenvalue weighted by Gasteiger charge is -2.45. The normalized spacial score (nSPS) is 25.5. The second-order valence-corrected chi connectivity index (χ2v) is 9.52. The number of aryl methyl sites for hydroxylation is 1. The quantitative estimate of drug-likeness (QED) is 0.437. The molecule has 0 aliphatic carbocycles. The molecule has 2 heterocycles. The van der Waals surface area contributed by atoms with E-state index < -0.39 is 36.9 Å². The molecule has 1 saturated heterocycles. The Kier molecular flexibility index (Phi) is 6.95. The molecule has 33 heavy (non-hydrogen) atoms. The van der Waals surface area contributed by atoms with Gasteiger partial charge in [-0.15, -0.1) is 11.3 Å². The Balaban J connectivity index is 1.63. The van der Waals surface area contributed by atoms with Crippen LogP contribution in [-0.4, -0.2) is 52.0 Å². The van der Waals surface area contributed by atoms with E-state index in [9.17, 15) is 29.2 Å². The van der Waals surface area contributed by atoms with E-state index in [1.54, 1.807) is 24.3 Å². The van der Waals surface area contributed by atoms with E-state index in [-0.39, 0.29) is 12.2 Å². The third-order valence-corrected chi connectivity index (χ3v) is 7.34. The highest BCUT2D eigenvalue weighted by molar-refractivity contribution is 7.15. The van der Waals surface area contributed by atoms with Crippen LogP contribution in [0, 0.1) is 6.92 Å². The van der Waals surface area contributed by atoms with Gasteiger partial charge in [-0.3, -0.25) is 0 Å². The summed E-state index contributed by atoms with van der Waals surface area (Å²) in [6.45, 7) is 1.23. The van der Waals surface area contributed by atoms with E-state index in [1.807, 2.05) is 25.1 Å². The Bertz CT molecular complexity index is 1110. The maximum Gasteiger partial charge on any atom is 0.263 e. The highest BCUT2D eigenvalue weighted by Gasteiger charge is 2.52. The van der Waals surface area contributed by atoms with Gasteiger partial charge in [0.2, 0.25) is 0 Å². The van der Waals surface area contributed by atoms with Gasteiger partial charge in [-0.1, -0.05) is 36.4 Å². The molecule has 1 aromatic heterocycles. The Hall–Kier alpha value is -2.20. The molecule has 0 unspecified atom stereocenters. The summed E-state index contributed by atoms with van der Waals surface area (Å²) >= 11 is 1.49. The van der Waals surface area contributed by atoms with Crippen molar-refractivity contribution in [1.82, 2.24) is 0 Å². The summed E-state index contributed by atoms with van der Waals surface area (Å²) in [6.07, 6.45) is -5.89. The van der Waals surface area contributed by atoms with E-state index in [4.69, 9.17) is 4.74 Å². The molecule has 0 saturated carbocycles. The Morgan fingerprint density at radius 2 is 1.91 bits per heavy atom. The number of halogens is 2. The molecule has 4 N–H and O–H groups in total. The van der Waals surface area contributed by atoms with Gasteiger partial charge in [0.1, 0.15) is 23.9 Å². The van der Waals surface area contributed by atoms with Gasteiger partial charge >= 0.3 is 0 Å². The number of hydrogen-bond acceptors (Lipinski definition) is 6. The van der Waals surface area contributed by atoms with Gasteiger partial charge in [-0.25, -0.2) is 8.78 Å². The van der Waals surface area contributed by atoms with Crippen molar-refractivity contribution < 1.29 is 33.9 Å². The summed E-state index contributed by atoms with van der Waals surface area (Å²) in [6, 6.07) is 15.4. The molecule has 0 radical (unpaired) electrons. The van der Waals surface area contributed by atoms with Gasteiger partial charge in [0.05, 0.1) is 13.2 Å². The van der Waals surface area contributed by atoms with Gasteiger partial charge < -0.3 is 25.2 Å². The molecule has 4 atom stereocenters. The molecule has 4 rings (SSSR count). The SMILES string of the molecule is Cc1ccc([C@@]2(O)[C@H](O)[C@@H](O)CO[C@@H]2CO)cc1Cc1ccc(-c2cccc(C(F)F)c2)s1. The van der Waals surface area contributed by atoms with Crippen LogP contribution in [0.25, 0.3) is 10.4 Å². The minimum Gasteiger partial charge on any atom is -0.394 e. The molecular weight excluding hydrogens is 450 g/mol. The summed E-state index contributed by atoms with van der Waals surface area (Å²) in [5.41, 5.74) is 0.934. The van der Waals surface area contributed by atoms with E-state index in [1.165, 1.54) is 23.5 Å². The summed E-state index contributed by atoms with van der Waals surface area (Å²) in [7, 11) is 0.